The molecular formula is C15H11ClN2O. The molecule has 94 valence electrons. The summed E-state index contributed by atoms with van der Waals surface area (Å²) in [4.78, 5) is 15.5. The summed E-state index contributed by atoms with van der Waals surface area (Å²) >= 11 is 5.98. The topological polar surface area (TPSA) is 58.9 Å². The molecule has 0 unspecified atom stereocenters. The van der Waals surface area contributed by atoms with Crippen LogP contribution in [-0.2, 0) is 0 Å². The first-order chi connectivity index (χ1) is 9.15. The standard InChI is InChI=1S/C15H11ClN2O/c16-10-4-5-14-12(7-10)13(8-18-14)15(19)9-2-1-3-11(17)6-9/h1-8,18H,17H2. The Morgan fingerprint density at radius 1 is 1.16 bits per heavy atom. The third-order valence-corrected chi connectivity index (χ3v) is 3.27. The first-order valence-electron chi connectivity index (χ1n) is 5.82. The van der Waals surface area contributed by atoms with E-state index in [1.165, 1.54) is 0 Å². The lowest BCUT2D eigenvalue weighted by Gasteiger charge is -2.01. The highest BCUT2D eigenvalue weighted by atomic mass is 35.5. The predicted octanol–water partition coefficient (Wildman–Crippen LogP) is 3.63. The summed E-state index contributed by atoms with van der Waals surface area (Å²) in [6.45, 7) is 0. The van der Waals surface area contributed by atoms with Crippen LogP contribution < -0.4 is 5.73 Å². The molecule has 0 saturated heterocycles. The highest BCUT2D eigenvalue weighted by Gasteiger charge is 2.14. The molecule has 0 atom stereocenters. The number of hydrogen-bond acceptors (Lipinski definition) is 2. The van der Waals surface area contributed by atoms with Crippen LogP contribution in [0.5, 0.6) is 0 Å². The second kappa shape index (κ2) is 4.44. The van der Waals surface area contributed by atoms with Crippen molar-refractivity contribution < 1.29 is 4.79 Å². The van der Waals surface area contributed by atoms with Crippen molar-refractivity contribution in [1.29, 1.82) is 0 Å². The number of ketones is 1. The van der Waals surface area contributed by atoms with Gasteiger partial charge in [-0.25, -0.2) is 0 Å². The van der Waals surface area contributed by atoms with Crippen molar-refractivity contribution in [2.24, 2.45) is 0 Å². The molecule has 3 N–H and O–H groups in total. The zero-order valence-corrected chi connectivity index (χ0v) is 10.7. The van der Waals surface area contributed by atoms with E-state index >= 15 is 0 Å². The highest BCUT2D eigenvalue weighted by molar-refractivity contribution is 6.31. The van der Waals surface area contributed by atoms with Crippen LogP contribution in [0.2, 0.25) is 5.02 Å². The molecule has 0 bridgehead atoms. The maximum absolute atomic E-state index is 12.5. The lowest BCUT2D eigenvalue weighted by Crippen LogP contribution is -2.01. The second-order valence-corrected chi connectivity index (χ2v) is 4.78. The largest absolute Gasteiger partial charge is 0.399 e. The number of aromatic nitrogens is 1. The van der Waals surface area contributed by atoms with Gasteiger partial charge in [-0.2, -0.15) is 0 Å². The summed E-state index contributed by atoms with van der Waals surface area (Å²) in [5.41, 5.74) is 8.33. The van der Waals surface area contributed by atoms with Gasteiger partial charge in [0.25, 0.3) is 0 Å². The minimum atomic E-state index is -0.0687. The molecule has 0 aliphatic carbocycles. The van der Waals surface area contributed by atoms with Gasteiger partial charge < -0.3 is 10.7 Å². The molecule has 3 aromatic rings. The Bertz CT molecular complexity index is 777. The van der Waals surface area contributed by atoms with E-state index in [2.05, 4.69) is 4.98 Å². The Kier molecular flexibility index (Phi) is 2.76. The monoisotopic (exact) mass is 270 g/mol. The Morgan fingerprint density at radius 2 is 2.00 bits per heavy atom. The number of fused-ring (bicyclic) bond motifs is 1. The Labute approximate surface area is 115 Å². The molecule has 1 heterocycles. The van der Waals surface area contributed by atoms with Gasteiger partial charge in [0, 0.05) is 38.9 Å². The molecule has 2 aromatic carbocycles. The molecule has 3 nitrogen and oxygen atoms in total. The Morgan fingerprint density at radius 3 is 2.79 bits per heavy atom. The number of nitrogen functional groups attached to an aromatic ring is 1. The average molecular weight is 271 g/mol. The molecular weight excluding hydrogens is 260 g/mol. The number of carbonyl (C=O) groups is 1. The van der Waals surface area contributed by atoms with E-state index in [0.29, 0.717) is 21.8 Å². The van der Waals surface area contributed by atoms with Crippen LogP contribution in [0.25, 0.3) is 10.9 Å². The second-order valence-electron chi connectivity index (χ2n) is 4.35. The number of halogens is 1. The summed E-state index contributed by atoms with van der Waals surface area (Å²) in [7, 11) is 0. The molecule has 0 aliphatic rings. The Hall–Kier alpha value is -2.26. The molecule has 0 saturated carbocycles. The minimum Gasteiger partial charge on any atom is -0.399 e. The molecule has 3 rings (SSSR count). The number of aromatic amines is 1. The maximum atomic E-state index is 12.5. The number of nitrogens with one attached hydrogen (secondary N) is 1. The minimum absolute atomic E-state index is 0.0687. The van der Waals surface area contributed by atoms with Gasteiger partial charge in [-0.05, 0) is 30.3 Å². The number of nitrogens with two attached hydrogens (primary N) is 1. The lowest BCUT2D eigenvalue weighted by molar-refractivity contribution is 0.104. The molecule has 1 aromatic heterocycles. The third kappa shape index (κ3) is 2.09. The van der Waals surface area contributed by atoms with Crippen molar-refractivity contribution >= 4 is 34.0 Å². The van der Waals surface area contributed by atoms with E-state index in [1.807, 2.05) is 6.07 Å². The number of benzene rings is 2. The number of H-pyrrole nitrogens is 1. The fourth-order valence-electron chi connectivity index (χ4n) is 2.12. The van der Waals surface area contributed by atoms with Crippen LogP contribution in [-0.4, -0.2) is 10.8 Å². The SMILES string of the molecule is Nc1cccc(C(=O)c2c[nH]c3ccc(Cl)cc23)c1. The molecule has 19 heavy (non-hydrogen) atoms. The van der Waals surface area contributed by atoms with Gasteiger partial charge in [-0.3, -0.25) is 4.79 Å². The van der Waals surface area contributed by atoms with Crippen molar-refractivity contribution in [3.63, 3.8) is 0 Å². The van der Waals surface area contributed by atoms with Crippen LogP contribution in [0.4, 0.5) is 5.69 Å². The third-order valence-electron chi connectivity index (χ3n) is 3.04. The van der Waals surface area contributed by atoms with Gasteiger partial charge in [0.2, 0.25) is 0 Å². The van der Waals surface area contributed by atoms with Gasteiger partial charge in [0.05, 0.1) is 0 Å². The van der Waals surface area contributed by atoms with Gasteiger partial charge in [0.1, 0.15) is 0 Å². The van der Waals surface area contributed by atoms with Crippen LogP contribution in [0.1, 0.15) is 15.9 Å². The maximum Gasteiger partial charge on any atom is 0.195 e. The molecule has 0 spiro atoms. The summed E-state index contributed by atoms with van der Waals surface area (Å²) in [5, 5.41) is 1.42. The van der Waals surface area contributed by atoms with Gasteiger partial charge in [-0.1, -0.05) is 23.7 Å². The first kappa shape index (κ1) is 11.8. The summed E-state index contributed by atoms with van der Waals surface area (Å²) in [5.74, 6) is -0.0687. The first-order valence-corrected chi connectivity index (χ1v) is 6.20. The van der Waals surface area contributed by atoms with Gasteiger partial charge >= 0.3 is 0 Å². The summed E-state index contributed by atoms with van der Waals surface area (Å²) in [6, 6.07) is 12.4. The number of carbonyl (C=O) groups excluding carboxylic acids is 1. The quantitative estimate of drug-likeness (QED) is 0.552. The molecule has 0 radical (unpaired) electrons. The Balaban J connectivity index is 2.14. The van der Waals surface area contributed by atoms with E-state index in [0.717, 1.165) is 10.9 Å². The smallest absolute Gasteiger partial charge is 0.195 e. The number of anilines is 1. The van der Waals surface area contributed by atoms with Gasteiger partial charge in [-0.15, -0.1) is 0 Å². The zero-order valence-electron chi connectivity index (χ0n) is 9.98. The number of hydrogen-bond donors (Lipinski definition) is 2. The van der Waals surface area contributed by atoms with Crippen molar-refractivity contribution in [1.82, 2.24) is 4.98 Å². The van der Waals surface area contributed by atoms with Crippen LogP contribution >= 0.6 is 11.6 Å². The summed E-state index contributed by atoms with van der Waals surface area (Å²) < 4.78 is 0. The summed E-state index contributed by atoms with van der Waals surface area (Å²) in [6.07, 6.45) is 1.70. The van der Waals surface area contributed by atoms with E-state index in [9.17, 15) is 4.79 Å². The average Bonchev–Trinajstić information content (AvgIpc) is 2.80. The highest BCUT2D eigenvalue weighted by Crippen LogP contribution is 2.24. The molecule has 0 fully saturated rings. The van der Waals surface area contributed by atoms with Crippen LogP contribution in [0.15, 0.2) is 48.7 Å². The molecule has 4 heteroatoms. The van der Waals surface area contributed by atoms with Crippen LogP contribution in [0, 0.1) is 0 Å². The van der Waals surface area contributed by atoms with Crippen molar-refractivity contribution in [2.75, 3.05) is 5.73 Å². The van der Waals surface area contributed by atoms with Crippen LogP contribution in [0.3, 0.4) is 0 Å². The van der Waals surface area contributed by atoms with Gasteiger partial charge in [0.15, 0.2) is 5.78 Å². The molecule has 0 aliphatic heterocycles. The van der Waals surface area contributed by atoms with E-state index in [1.54, 1.807) is 42.6 Å². The van der Waals surface area contributed by atoms with E-state index in [-0.39, 0.29) is 5.78 Å². The van der Waals surface area contributed by atoms with Crippen molar-refractivity contribution in [3.05, 3.63) is 64.8 Å². The molecule has 0 amide bonds. The predicted molar refractivity (Wildman–Crippen MR) is 77.6 cm³/mol. The number of rotatable bonds is 2. The fraction of sp³-hybridized carbons (Fsp3) is 0. The van der Waals surface area contributed by atoms with E-state index in [4.69, 9.17) is 17.3 Å². The zero-order chi connectivity index (χ0) is 13.4. The fourth-order valence-corrected chi connectivity index (χ4v) is 2.29. The van der Waals surface area contributed by atoms with Crippen molar-refractivity contribution in [2.45, 2.75) is 0 Å². The normalized spacial score (nSPS) is 10.8. The van der Waals surface area contributed by atoms with Crippen molar-refractivity contribution in [3.8, 4) is 0 Å². The van der Waals surface area contributed by atoms with E-state index < -0.39 is 0 Å². The lowest BCUT2D eigenvalue weighted by atomic mass is 10.0.